The van der Waals surface area contributed by atoms with Crippen LogP contribution in [0.4, 0.5) is 0 Å². The number of carboxylic acid groups (broad SMARTS) is 1. The van der Waals surface area contributed by atoms with Crippen molar-refractivity contribution in [2.75, 3.05) is 19.8 Å². The third kappa shape index (κ3) is 8.98. The lowest BCUT2D eigenvalue weighted by molar-refractivity contribution is -0.144. The molecule has 0 spiro atoms. The smallest absolute Gasteiger partial charge is 0.306 e. The van der Waals surface area contributed by atoms with E-state index in [-0.39, 0.29) is 43.6 Å². The van der Waals surface area contributed by atoms with E-state index in [4.69, 9.17) is 14.2 Å². The van der Waals surface area contributed by atoms with Gasteiger partial charge in [0.25, 0.3) is 0 Å². The fraction of sp³-hybridized carbons (Fsp3) is 0.429. The van der Waals surface area contributed by atoms with Crippen LogP contribution in [-0.2, 0) is 59.1 Å². The molecule has 5 N–H and O–H groups in total. The Labute approximate surface area is 314 Å². The summed E-state index contributed by atoms with van der Waals surface area (Å²) in [5, 5.41) is 12.9. The van der Waals surface area contributed by atoms with Crippen LogP contribution < -0.4 is 21.4 Å². The van der Waals surface area contributed by atoms with Gasteiger partial charge in [0.2, 0.25) is 0 Å². The van der Waals surface area contributed by atoms with Crippen LogP contribution in [0, 0.1) is 27.7 Å². The molecule has 12 nitrogen and oxygen atoms in total. The van der Waals surface area contributed by atoms with E-state index < -0.39 is 5.97 Å². The largest absolute Gasteiger partial charge is 0.481 e. The van der Waals surface area contributed by atoms with Crippen LogP contribution in [0.5, 0.6) is 0 Å². The van der Waals surface area contributed by atoms with Gasteiger partial charge < -0.3 is 39.3 Å². The first-order valence-corrected chi connectivity index (χ1v) is 18.8. The van der Waals surface area contributed by atoms with E-state index in [1.807, 2.05) is 52.0 Å². The highest BCUT2D eigenvalue weighted by atomic mass is 16.5. The van der Waals surface area contributed by atoms with Crippen LogP contribution in [0.15, 0.2) is 0 Å². The van der Waals surface area contributed by atoms with Gasteiger partial charge in [-0.15, -0.1) is 0 Å². The van der Waals surface area contributed by atoms with E-state index in [0.29, 0.717) is 45.5 Å². The highest BCUT2D eigenvalue weighted by molar-refractivity contribution is 5.73. The molecule has 0 amide bonds. The first-order chi connectivity index (χ1) is 25.8. The second kappa shape index (κ2) is 17.5. The molecule has 5 rings (SSSR count). The van der Waals surface area contributed by atoms with Crippen LogP contribution in [0.1, 0.15) is 114 Å². The Morgan fingerprint density at radius 3 is 1.15 bits per heavy atom. The molecule has 0 radical (unpaired) electrons. The van der Waals surface area contributed by atoms with E-state index in [9.17, 15) is 24.3 Å². The van der Waals surface area contributed by atoms with Crippen molar-refractivity contribution in [1.29, 1.82) is 0 Å². The molecule has 0 unspecified atom stereocenters. The third-order valence-corrected chi connectivity index (χ3v) is 10.2. The van der Waals surface area contributed by atoms with Crippen LogP contribution >= 0.6 is 0 Å². The van der Waals surface area contributed by atoms with Gasteiger partial charge in [0.05, 0.1) is 19.8 Å². The average molecular weight is 741 g/mol. The molecule has 4 aromatic rings. The first kappa shape index (κ1) is 39.7. The van der Waals surface area contributed by atoms with Gasteiger partial charge in [-0.2, -0.15) is 0 Å². The zero-order valence-corrected chi connectivity index (χ0v) is 32.4. The molecule has 0 aromatic carbocycles. The van der Waals surface area contributed by atoms with E-state index in [1.165, 1.54) is 0 Å². The summed E-state index contributed by atoms with van der Waals surface area (Å²) < 4.78 is 15.8. The molecule has 8 bridgehead atoms. The van der Waals surface area contributed by atoms with Crippen molar-refractivity contribution in [3.63, 3.8) is 0 Å². The predicted molar refractivity (Wildman–Crippen MR) is 206 cm³/mol. The van der Waals surface area contributed by atoms with Crippen molar-refractivity contribution in [2.24, 2.45) is 0 Å². The van der Waals surface area contributed by atoms with Gasteiger partial charge >= 0.3 is 23.9 Å². The van der Waals surface area contributed by atoms with Crippen molar-refractivity contribution < 1.29 is 38.5 Å². The lowest BCUT2D eigenvalue weighted by Crippen LogP contribution is -2.14. The lowest BCUT2D eigenvalue weighted by atomic mass is 10.0. The fourth-order valence-corrected chi connectivity index (χ4v) is 7.26. The van der Waals surface area contributed by atoms with Gasteiger partial charge in [-0.3, -0.25) is 19.2 Å². The van der Waals surface area contributed by atoms with Crippen LogP contribution in [0.25, 0.3) is 24.3 Å². The Morgan fingerprint density at radius 2 is 0.796 bits per heavy atom. The number of H-pyrrole nitrogens is 4. The number of hydrogen-bond donors (Lipinski definition) is 5. The maximum atomic E-state index is 12.5. The minimum atomic E-state index is -0.886. The van der Waals surface area contributed by atoms with Crippen molar-refractivity contribution in [1.82, 2.24) is 19.9 Å². The molecule has 54 heavy (non-hydrogen) atoms. The Kier molecular flexibility index (Phi) is 12.9. The van der Waals surface area contributed by atoms with E-state index in [0.717, 1.165) is 88.7 Å². The summed E-state index contributed by atoms with van der Waals surface area (Å²) in [5.41, 5.74) is 10.9. The monoisotopic (exact) mass is 740 g/mol. The van der Waals surface area contributed by atoms with Gasteiger partial charge in [-0.05, 0) is 143 Å². The lowest BCUT2D eigenvalue weighted by Gasteiger charge is -2.04. The van der Waals surface area contributed by atoms with Crippen molar-refractivity contribution in [2.45, 2.75) is 99.8 Å². The minimum absolute atomic E-state index is 0.0370. The molecule has 4 aromatic heterocycles. The van der Waals surface area contributed by atoms with E-state index >= 15 is 0 Å². The summed E-state index contributed by atoms with van der Waals surface area (Å²) in [6.07, 6.45) is 10.4. The quantitative estimate of drug-likeness (QED) is 0.0801. The molecule has 1 aliphatic heterocycles. The molecule has 5 heterocycles. The summed E-state index contributed by atoms with van der Waals surface area (Å²) in [4.78, 5) is 63.7. The number of nitrogens with one attached hydrogen (secondary N) is 4. The molecule has 288 valence electrons. The highest BCUT2D eigenvalue weighted by Gasteiger charge is 2.19. The summed E-state index contributed by atoms with van der Waals surface area (Å²) in [6, 6.07) is 0. The number of fused-ring (bicyclic) bond motifs is 8. The summed E-state index contributed by atoms with van der Waals surface area (Å²) in [6.45, 7) is 14.3. The van der Waals surface area contributed by atoms with Gasteiger partial charge in [-0.1, -0.05) is 0 Å². The maximum Gasteiger partial charge on any atom is 0.306 e. The number of carboxylic acids is 1. The molecular formula is C42H52N4O8. The predicted octanol–water partition coefficient (Wildman–Crippen LogP) is 3.37. The normalized spacial score (nSPS) is 11.9. The van der Waals surface area contributed by atoms with Gasteiger partial charge in [0.15, 0.2) is 0 Å². The van der Waals surface area contributed by atoms with Crippen molar-refractivity contribution in [3.05, 3.63) is 88.7 Å². The Hall–Kier alpha value is -5.52. The second-order valence-electron chi connectivity index (χ2n) is 13.6. The maximum absolute atomic E-state index is 12.5. The van der Waals surface area contributed by atoms with Crippen LogP contribution in [0.3, 0.4) is 0 Å². The number of esters is 3. The second-order valence-corrected chi connectivity index (χ2v) is 13.6. The van der Waals surface area contributed by atoms with Gasteiger partial charge in [-0.25, -0.2) is 0 Å². The van der Waals surface area contributed by atoms with Gasteiger partial charge in [0, 0.05) is 69.9 Å². The number of aliphatic carboxylic acids is 1. The topological polar surface area (TPSA) is 179 Å². The number of rotatable bonds is 15. The average Bonchev–Trinajstić information content (AvgIpc) is 3.78. The fourth-order valence-electron chi connectivity index (χ4n) is 7.26. The van der Waals surface area contributed by atoms with E-state index in [2.05, 4.69) is 19.9 Å². The zero-order chi connectivity index (χ0) is 39.1. The van der Waals surface area contributed by atoms with Crippen LogP contribution in [-0.4, -0.2) is 68.7 Å². The Balaban J connectivity index is 1.83. The number of carbonyl (C=O) groups excluding carboxylic acids is 3. The Bertz CT molecular complexity index is 2290. The third-order valence-electron chi connectivity index (χ3n) is 10.2. The summed E-state index contributed by atoms with van der Waals surface area (Å²) >= 11 is 0. The van der Waals surface area contributed by atoms with Gasteiger partial charge in [0.1, 0.15) is 0 Å². The van der Waals surface area contributed by atoms with Crippen molar-refractivity contribution >= 4 is 48.2 Å². The zero-order valence-electron chi connectivity index (χ0n) is 32.4. The molecular weight excluding hydrogens is 688 g/mol. The number of aromatic nitrogens is 4. The summed E-state index contributed by atoms with van der Waals surface area (Å²) in [7, 11) is 0. The number of hydrogen-bond acceptors (Lipinski definition) is 7. The number of ether oxygens (including phenoxy) is 3. The molecule has 0 atom stereocenters. The SMILES string of the molecule is CCOC(=O)CCc1c2[nH]c(c1C)C=c1[nH]c(c(C)c1CCC(=O)OCC)=Cc1[nH]c(c(C)c1CCC(=O)O)C=c1[nH]c(c(C)c1CCC(=O)OCC)=C2. The molecule has 0 saturated heterocycles. The number of carbonyl (C=O) groups is 4. The molecule has 0 saturated carbocycles. The highest BCUT2D eigenvalue weighted by Crippen LogP contribution is 2.24. The standard InChI is InChI=1S/C42H52N4O8/c1-8-52-40(49)16-12-28-24(5)32-19-35-27(11-15-39(47)48)23(4)31(43-35)20-36-29(13-17-41(50)53-9-2)25(6)33(45-36)22-38-30(14-18-42(51)54-10-3)26(7)34(46-38)21-37(28)44-32/h19-22,43-46H,8-18H2,1-7H3,(H,47,48). The molecule has 0 aliphatic carbocycles. The van der Waals surface area contributed by atoms with E-state index in [1.54, 1.807) is 20.8 Å². The van der Waals surface area contributed by atoms with Crippen molar-refractivity contribution in [3.8, 4) is 0 Å². The Morgan fingerprint density at radius 1 is 0.463 bits per heavy atom. The minimum Gasteiger partial charge on any atom is -0.481 e. The molecule has 1 aliphatic rings. The van der Waals surface area contributed by atoms with Crippen LogP contribution in [0.2, 0.25) is 0 Å². The number of aromatic amines is 4. The first-order valence-electron chi connectivity index (χ1n) is 18.8. The molecule has 0 fully saturated rings. The summed E-state index contributed by atoms with van der Waals surface area (Å²) in [5.74, 6) is -1.71. The molecule has 12 heteroatoms.